The standard InChI is InChI=1S/C58H92O16P2.2Na/c1-11-34(5)55(62)69-49-27-33(4)26-38-15-14-36(7)43(51(38)49)19-17-40-29-42(30-50(61)68-40)72-76(66,67)73-53-52(48(60)31-59)70-56(63)54(53)74-75(64,65)71-41-22-24-57(9)39(28-41)16-18-44-46-21-20-45(58(46,10)25-23-47(44)57)37(8)13-12-35(6)32(2)3;;/h14-15,26,32-37,39-49,51-52,59-60H,11-13,16-25,27-31H2,1-10H3,(H,64,65)(H,66,67);;/q;2*+1/p-2/t33-,34-,35+,36-,37+,39-,40+,41?,42?,43-,44-,45?,46-,47-,48?,49-,51-,52?,57-,58+;;/m0../s1. The molecule has 16 nitrogen and oxygen atoms in total. The van der Waals surface area contributed by atoms with Crippen LogP contribution in [0.4, 0.5) is 0 Å². The van der Waals surface area contributed by atoms with Crippen molar-refractivity contribution in [3.8, 4) is 0 Å². The summed E-state index contributed by atoms with van der Waals surface area (Å²) >= 11 is 0. The Labute approximate surface area is 509 Å². The van der Waals surface area contributed by atoms with Gasteiger partial charge in [0.05, 0.1) is 31.2 Å². The molecule has 8 aliphatic rings. The topological polar surface area (TPSA) is 237 Å². The van der Waals surface area contributed by atoms with Gasteiger partial charge in [-0.2, -0.15) is 0 Å². The molecule has 1 saturated heterocycles. The Bertz CT molecular complexity index is 2310. The summed E-state index contributed by atoms with van der Waals surface area (Å²) in [6, 6.07) is 0. The number of hydrogen-bond donors (Lipinski definition) is 2. The van der Waals surface area contributed by atoms with E-state index >= 15 is 0 Å². The minimum Gasteiger partial charge on any atom is -0.746 e. The summed E-state index contributed by atoms with van der Waals surface area (Å²) in [5.74, 6) is 0.288. The molecule has 430 valence electrons. The summed E-state index contributed by atoms with van der Waals surface area (Å²) in [5.41, 5.74) is 1.45. The van der Waals surface area contributed by atoms with E-state index in [9.17, 15) is 43.5 Å². The second kappa shape index (κ2) is 27.2. The molecule has 0 aromatic heterocycles. The molecule has 2 aliphatic heterocycles. The van der Waals surface area contributed by atoms with Gasteiger partial charge in [-0.3, -0.25) is 18.7 Å². The van der Waals surface area contributed by atoms with Crippen LogP contribution in [0.15, 0.2) is 35.3 Å². The Balaban J connectivity index is 0.00000492. The van der Waals surface area contributed by atoms with Gasteiger partial charge in [-0.25, -0.2) is 4.79 Å². The molecular formula is C58H90Na2O16P2. The number of carbonyl (C=O) groups excluding carboxylic acids is 3. The summed E-state index contributed by atoms with van der Waals surface area (Å²) in [4.78, 5) is 66.8. The molecule has 7 unspecified atom stereocenters. The van der Waals surface area contributed by atoms with Crippen LogP contribution in [0, 0.1) is 87.8 Å². The van der Waals surface area contributed by atoms with Gasteiger partial charge < -0.3 is 52.3 Å². The fourth-order valence-electron chi connectivity index (χ4n) is 16.1. The van der Waals surface area contributed by atoms with Gasteiger partial charge in [0, 0.05) is 12.3 Å². The van der Waals surface area contributed by atoms with Gasteiger partial charge in [0.2, 0.25) is 0 Å². The van der Waals surface area contributed by atoms with E-state index < -0.39 is 82.6 Å². The predicted octanol–water partition coefficient (Wildman–Crippen LogP) is 4.44. The number of rotatable bonds is 21. The van der Waals surface area contributed by atoms with E-state index in [1.807, 2.05) is 13.8 Å². The van der Waals surface area contributed by atoms with Crippen LogP contribution in [0.25, 0.3) is 0 Å². The van der Waals surface area contributed by atoms with Crippen molar-refractivity contribution in [2.24, 2.45) is 87.8 Å². The zero-order valence-electron chi connectivity index (χ0n) is 48.9. The number of hydrogen-bond acceptors (Lipinski definition) is 16. The number of ether oxygens (including phenoxy) is 3. The van der Waals surface area contributed by atoms with E-state index in [2.05, 4.69) is 73.6 Å². The first-order valence-electron chi connectivity index (χ1n) is 29.2. The largest absolute Gasteiger partial charge is 1.00 e. The Hall–Kier alpha value is -0.550. The summed E-state index contributed by atoms with van der Waals surface area (Å²) in [6.07, 6.45) is 12.4. The Morgan fingerprint density at radius 3 is 2.22 bits per heavy atom. The maximum atomic E-state index is 13.8. The number of allylic oxidation sites excluding steroid dienone is 3. The maximum absolute atomic E-state index is 13.8. The van der Waals surface area contributed by atoms with Crippen LogP contribution in [-0.4, -0.2) is 71.4 Å². The minimum atomic E-state index is -5.61. The van der Waals surface area contributed by atoms with Gasteiger partial charge in [0.1, 0.15) is 18.3 Å². The fourth-order valence-corrected chi connectivity index (χ4v) is 18.1. The molecule has 78 heavy (non-hydrogen) atoms. The van der Waals surface area contributed by atoms with E-state index in [0.717, 1.165) is 36.7 Å². The van der Waals surface area contributed by atoms with E-state index in [1.165, 1.54) is 38.5 Å². The van der Waals surface area contributed by atoms with E-state index in [4.69, 9.17) is 32.3 Å². The maximum Gasteiger partial charge on any atom is 1.00 e. The van der Waals surface area contributed by atoms with E-state index in [0.29, 0.717) is 73.5 Å². The second-order valence-electron chi connectivity index (χ2n) is 25.9. The van der Waals surface area contributed by atoms with Crippen LogP contribution in [0.1, 0.15) is 178 Å². The van der Waals surface area contributed by atoms with Crippen molar-refractivity contribution in [2.75, 3.05) is 6.61 Å². The van der Waals surface area contributed by atoms with Crippen LogP contribution in [0.3, 0.4) is 0 Å². The monoisotopic (exact) mass is 1150 g/mol. The van der Waals surface area contributed by atoms with Crippen LogP contribution < -0.4 is 68.9 Å². The van der Waals surface area contributed by atoms with Gasteiger partial charge in [0.15, 0.2) is 11.9 Å². The van der Waals surface area contributed by atoms with E-state index in [-0.39, 0.29) is 119 Å². The average Bonchev–Trinajstić information content (AvgIpc) is 3.86. The average molecular weight is 1150 g/mol. The number of aliphatic hydroxyl groups is 2. The van der Waals surface area contributed by atoms with Crippen molar-refractivity contribution in [3.05, 3.63) is 35.3 Å². The molecule has 0 aromatic carbocycles. The molecule has 6 aliphatic carbocycles. The molecule has 20 heteroatoms. The summed E-state index contributed by atoms with van der Waals surface area (Å²) in [7, 11) is -11.0. The summed E-state index contributed by atoms with van der Waals surface area (Å²) in [5, 5.41) is 20.5. The Morgan fingerprint density at radius 2 is 1.53 bits per heavy atom. The number of carbonyl (C=O) groups is 3. The quantitative estimate of drug-likeness (QED) is 0.0700. The van der Waals surface area contributed by atoms with Crippen LogP contribution in [0.2, 0.25) is 0 Å². The molecule has 5 fully saturated rings. The van der Waals surface area contributed by atoms with Gasteiger partial charge >= 0.3 is 92.7 Å². The molecule has 0 amide bonds. The van der Waals surface area contributed by atoms with Crippen LogP contribution in [0.5, 0.6) is 0 Å². The van der Waals surface area contributed by atoms with Crippen molar-refractivity contribution in [1.82, 2.24) is 0 Å². The fraction of sp³-hybridized carbons (Fsp3) is 0.845. The third-order valence-corrected chi connectivity index (χ3v) is 22.9. The number of fused-ring (bicyclic) bond motifs is 6. The van der Waals surface area contributed by atoms with Crippen LogP contribution >= 0.6 is 15.6 Å². The molecule has 4 saturated carbocycles. The normalized spacial score (nSPS) is 39.3. The number of phosphoric acid groups is 2. The van der Waals surface area contributed by atoms with Gasteiger partial charge in [-0.15, -0.1) is 0 Å². The first kappa shape index (κ1) is 66.6. The molecule has 0 spiro atoms. The zero-order valence-corrected chi connectivity index (χ0v) is 54.7. The molecule has 0 radical (unpaired) electrons. The molecule has 2 heterocycles. The molecule has 2 N–H and O–H groups in total. The predicted molar refractivity (Wildman–Crippen MR) is 280 cm³/mol. The van der Waals surface area contributed by atoms with Crippen LogP contribution in [-0.2, 0) is 55.8 Å². The van der Waals surface area contributed by atoms with Gasteiger partial charge in [-0.05, 0) is 165 Å². The third kappa shape index (κ3) is 14.7. The SMILES string of the molecule is CC[C@H](C)C(=O)O[C@H]1C[C@@H](C)C=C2C=C[C@H](C)[C@H](CC[C@@H]3CC(OP(=O)([O-])OC4=C(OP(=O)([O-])OC5CC[C@@]6(C)[C@@H](CC[C@@H]7[C@@H]6CC[C@]6(C)C([C@H](C)CC[C@@H](C)C(C)C)CC[C@@H]76)C5)C(=O)OC4C(O)CO)CC(=O)O3)[C@H]21.[Na+].[Na+]. The molecule has 8 rings (SSSR count). The van der Waals surface area contributed by atoms with Gasteiger partial charge in [0.25, 0.3) is 5.76 Å². The molecule has 22 atom stereocenters. The van der Waals surface area contributed by atoms with Crippen molar-refractivity contribution >= 4 is 33.6 Å². The number of phosphoric ester groups is 2. The number of esters is 3. The Kier molecular flexibility index (Phi) is 23.2. The number of aliphatic hydroxyl groups excluding tert-OH is 2. The smallest absolute Gasteiger partial charge is 0.746 e. The van der Waals surface area contributed by atoms with E-state index in [1.54, 1.807) is 0 Å². The van der Waals surface area contributed by atoms with Gasteiger partial charge in [-0.1, -0.05) is 100 Å². The summed E-state index contributed by atoms with van der Waals surface area (Å²) in [6.45, 7) is 21.5. The summed E-state index contributed by atoms with van der Waals surface area (Å²) < 4.78 is 66.1. The molecular weight excluding hydrogens is 1060 g/mol. The second-order valence-corrected chi connectivity index (χ2v) is 28.5. The Morgan fingerprint density at radius 1 is 0.846 bits per heavy atom. The number of cyclic esters (lactones) is 2. The third-order valence-electron chi connectivity index (χ3n) is 20.9. The van der Waals surface area contributed by atoms with Crippen molar-refractivity contribution < 1.29 is 135 Å². The van der Waals surface area contributed by atoms with Crippen molar-refractivity contribution in [2.45, 2.75) is 215 Å². The zero-order chi connectivity index (χ0) is 55.2. The van der Waals surface area contributed by atoms with Crippen molar-refractivity contribution in [1.29, 1.82) is 0 Å². The minimum absolute atomic E-state index is 0. The molecule has 0 bridgehead atoms. The molecule has 0 aromatic rings. The van der Waals surface area contributed by atoms with Crippen molar-refractivity contribution in [3.63, 3.8) is 0 Å². The first-order valence-corrected chi connectivity index (χ1v) is 32.1. The first-order chi connectivity index (χ1) is 35.8.